The number of nitrogens with one attached hydrogen (secondary N) is 1. The van der Waals surface area contributed by atoms with Crippen LogP contribution in [0.1, 0.15) is 11.5 Å². The Kier molecular flexibility index (Phi) is 4.67. The average Bonchev–Trinajstić information content (AvgIpc) is 3.40. The number of carbonyl (C=O) groups is 1. The van der Waals surface area contributed by atoms with Gasteiger partial charge in [0.15, 0.2) is 0 Å². The molecule has 2 unspecified atom stereocenters. The van der Waals surface area contributed by atoms with Crippen molar-refractivity contribution < 1.29 is 9.18 Å². The predicted octanol–water partition coefficient (Wildman–Crippen LogP) is 2.30. The molecular weight excluding hydrogens is 369 g/mol. The molecule has 7 heteroatoms. The van der Waals surface area contributed by atoms with Crippen molar-refractivity contribution in [2.24, 2.45) is 0 Å². The monoisotopic (exact) mass is 393 g/mol. The second-order valence-electron chi connectivity index (χ2n) is 7.81. The largest absolute Gasteiger partial charge is 0.366 e. The van der Waals surface area contributed by atoms with Crippen molar-refractivity contribution in [2.45, 2.75) is 12.1 Å². The maximum absolute atomic E-state index is 14.0. The summed E-state index contributed by atoms with van der Waals surface area (Å²) in [5, 5.41) is 7.58. The third-order valence-electron chi connectivity index (χ3n) is 6.10. The number of anilines is 1. The summed E-state index contributed by atoms with van der Waals surface area (Å²) in [5.74, 6) is -0.0598. The minimum atomic E-state index is -0.815. The van der Waals surface area contributed by atoms with Crippen LogP contribution in [0.2, 0.25) is 0 Å². The van der Waals surface area contributed by atoms with Gasteiger partial charge < -0.3 is 15.1 Å². The van der Waals surface area contributed by atoms with Gasteiger partial charge in [-0.2, -0.15) is 5.10 Å². The molecule has 150 valence electrons. The number of fused-ring (bicyclic) bond motifs is 1. The van der Waals surface area contributed by atoms with E-state index in [0.717, 1.165) is 60.5 Å². The molecule has 5 rings (SSSR count). The summed E-state index contributed by atoms with van der Waals surface area (Å²) in [5.41, 5.74) is 5.41. The molecule has 29 heavy (non-hydrogen) atoms. The van der Waals surface area contributed by atoms with Crippen LogP contribution in [0.25, 0.3) is 16.6 Å². The van der Waals surface area contributed by atoms with Gasteiger partial charge in [0.25, 0.3) is 0 Å². The minimum Gasteiger partial charge on any atom is -0.366 e. The van der Waals surface area contributed by atoms with Crippen LogP contribution in [0, 0.1) is 0 Å². The number of hydrogen-bond donors (Lipinski definition) is 1. The number of hydrogen-bond acceptors (Lipinski definition) is 4. The lowest BCUT2D eigenvalue weighted by atomic mass is 9.95. The molecule has 3 aromatic rings. The van der Waals surface area contributed by atoms with Crippen LogP contribution in [0.4, 0.5) is 10.1 Å². The molecule has 0 radical (unpaired) electrons. The standard InChI is InChI=1S/C22H24FN5O/c23-20-13-24-12-19(20)17-3-1-16(2-4-17)18-11-22-21(5-6-25-28(22)14-18)27-9-7-26(15-29)8-10-27/h1-6,11,14-15,19-20,24H,7-10,12-13H2. The summed E-state index contributed by atoms with van der Waals surface area (Å²) in [6, 6.07) is 12.4. The predicted molar refractivity (Wildman–Crippen MR) is 111 cm³/mol. The fraction of sp³-hybridized carbons (Fsp3) is 0.364. The van der Waals surface area contributed by atoms with Crippen molar-refractivity contribution in [1.82, 2.24) is 19.8 Å². The Labute approximate surface area is 168 Å². The van der Waals surface area contributed by atoms with E-state index >= 15 is 0 Å². The van der Waals surface area contributed by atoms with E-state index in [4.69, 9.17) is 0 Å². The van der Waals surface area contributed by atoms with E-state index in [2.05, 4.69) is 33.5 Å². The second-order valence-corrected chi connectivity index (χ2v) is 7.81. The lowest BCUT2D eigenvalue weighted by molar-refractivity contribution is -0.118. The van der Waals surface area contributed by atoms with Crippen LogP contribution in [-0.4, -0.2) is 66.4 Å². The fourth-order valence-corrected chi connectivity index (χ4v) is 4.39. The fourth-order valence-electron chi connectivity index (χ4n) is 4.39. The maximum Gasteiger partial charge on any atom is 0.209 e. The van der Waals surface area contributed by atoms with Crippen LogP contribution in [0.5, 0.6) is 0 Å². The van der Waals surface area contributed by atoms with Gasteiger partial charge in [0, 0.05) is 63.1 Å². The van der Waals surface area contributed by atoms with E-state index in [-0.39, 0.29) is 5.92 Å². The Morgan fingerprint density at radius 1 is 1.03 bits per heavy atom. The molecule has 0 spiro atoms. The first-order valence-corrected chi connectivity index (χ1v) is 10.1. The van der Waals surface area contributed by atoms with E-state index in [1.54, 1.807) is 0 Å². The zero-order valence-corrected chi connectivity index (χ0v) is 16.2. The highest BCUT2D eigenvalue weighted by Gasteiger charge is 2.28. The first-order valence-electron chi connectivity index (χ1n) is 10.1. The lowest BCUT2D eigenvalue weighted by Crippen LogP contribution is -2.45. The number of rotatable bonds is 4. The molecule has 0 saturated carbocycles. The normalized spacial score (nSPS) is 22.4. The van der Waals surface area contributed by atoms with Gasteiger partial charge in [-0.15, -0.1) is 0 Å². The number of carbonyl (C=O) groups excluding carboxylic acids is 1. The summed E-state index contributed by atoms with van der Waals surface area (Å²) in [6.45, 7) is 4.23. The number of piperazine rings is 1. The van der Waals surface area contributed by atoms with E-state index < -0.39 is 6.17 Å². The zero-order valence-electron chi connectivity index (χ0n) is 16.2. The quantitative estimate of drug-likeness (QED) is 0.691. The molecule has 2 atom stereocenters. The van der Waals surface area contributed by atoms with Gasteiger partial charge in [-0.05, 0) is 23.3 Å². The third-order valence-corrected chi connectivity index (χ3v) is 6.10. The molecule has 2 saturated heterocycles. The van der Waals surface area contributed by atoms with Crippen molar-refractivity contribution in [1.29, 1.82) is 0 Å². The van der Waals surface area contributed by atoms with Crippen molar-refractivity contribution in [2.75, 3.05) is 44.2 Å². The van der Waals surface area contributed by atoms with Crippen LogP contribution >= 0.6 is 0 Å². The molecule has 2 aromatic heterocycles. The Morgan fingerprint density at radius 2 is 1.83 bits per heavy atom. The second kappa shape index (κ2) is 7.48. The summed E-state index contributed by atoms with van der Waals surface area (Å²) in [7, 11) is 0. The summed E-state index contributed by atoms with van der Waals surface area (Å²) in [4.78, 5) is 15.1. The molecule has 1 aromatic carbocycles. The van der Waals surface area contributed by atoms with Gasteiger partial charge in [-0.1, -0.05) is 24.3 Å². The molecule has 0 aliphatic carbocycles. The lowest BCUT2D eigenvalue weighted by Gasteiger charge is -2.34. The third kappa shape index (κ3) is 3.35. The van der Waals surface area contributed by atoms with Crippen molar-refractivity contribution in [3.8, 4) is 11.1 Å². The number of aromatic nitrogens is 2. The van der Waals surface area contributed by atoms with E-state index in [9.17, 15) is 9.18 Å². The highest BCUT2D eigenvalue weighted by atomic mass is 19.1. The first-order chi connectivity index (χ1) is 14.2. The number of halogens is 1. The van der Waals surface area contributed by atoms with Crippen LogP contribution in [0.15, 0.2) is 48.8 Å². The van der Waals surface area contributed by atoms with Crippen LogP contribution < -0.4 is 10.2 Å². The highest BCUT2D eigenvalue weighted by Crippen LogP contribution is 2.31. The molecule has 1 N–H and O–H groups in total. The average molecular weight is 393 g/mol. The van der Waals surface area contributed by atoms with Crippen molar-refractivity contribution in [3.05, 3.63) is 54.4 Å². The number of alkyl halides is 1. The molecule has 0 bridgehead atoms. The Bertz CT molecular complexity index is 1010. The summed E-state index contributed by atoms with van der Waals surface area (Å²) in [6.07, 6.45) is 3.95. The van der Waals surface area contributed by atoms with Gasteiger partial charge in [0.2, 0.25) is 6.41 Å². The van der Waals surface area contributed by atoms with Crippen molar-refractivity contribution >= 4 is 17.6 Å². The van der Waals surface area contributed by atoms with Gasteiger partial charge in [0.1, 0.15) is 6.17 Å². The van der Waals surface area contributed by atoms with E-state index in [1.165, 1.54) is 0 Å². The van der Waals surface area contributed by atoms with Gasteiger partial charge in [-0.25, -0.2) is 8.91 Å². The first kappa shape index (κ1) is 18.1. The van der Waals surface area contributed by atoms with Crippen molar-refractivity contribution in [3.63, 3.8) is 0 Å². The Morgan fingerprint density at radius 3 is 2.52 bits per heavy atom. The molecule has 2 fully saturated rings. The Hall–Kier alpha value is -2.93. The minimum absolute atomic E-state index is 0.0598. The Balaban J connectivity index is 1.42. The van der Waals surface area contributed by atoms with Gasteiger partial charge in [-0.3, -0.25) is 4.79 Å². The molecule has 4 heterocycles. The van der Waals surface area contributed by atoms with Gasteiger partial charge >= 0.3 is 0 Å². The number of benzene rings is 1. The molecule has 2 aliphatic rings. The molecular formula is C22H24FN5O. The summed E-state index contributed by atoms with van der Waals surface area (Å²) >= 11 is 0. The number of amides is 1. The SMILES string of the molecule is O=CN1CCN(c2ccnn3cc(-c4ccc(C5CNCC5F)cc4)cc23)CC1. The van der Waals surface area contributed by atoms with E-state index in [1.807, 2.05) is 40.0 Å². The highest BCUT2D eigenvalue weighted by molar-refractivity contribution is 5.80. The van der Waals surface area contributed by atoms with Crippen LogP contribution in [-0.2, 0) is 4.79 Å². The smallest absolute Gasteiger partial charge is 0.209 e. The molecule has 1 amide bonds. The molecule has 6 nitrogen and oxygen atoms in total. The van der Waals surface area contributed by atoms with Crippen LogP contribution in [0.3, 0.4) is 0 Å². The maximum atomic E-state index is 14.0. The van der Waals surface area contributed by atoms with Gasteiger partial charge in [0.05, 0.1) is 11.2 Å². The number of nitrogens with zero attached hydrogens (tertiary/aromatic N) is 4. The molecule has 2 aliphatic heterocycles. The summed E-state index contributed by atoms with van der Waals surface area (Å²) < 4.78 is 15.9. The van der Waals surface area contributed by atoms with E-state index in [0.29, 0.717) is 13.1 Å². The zero-order chi connectivity index (χ0) is 19.8. The topological polar surface area (TPSA) is 52.9 Å².